The van der Waals surface area contributed by atoms with E-state index in [1.807, 2.05) is 0 Å². The minimum absolute atomic E-state index is 0.747. The summed E-state index contributed by atoms with van der Waals surface area (Å²) in [5.74, 6) is 1.02. The highest BCUT2D eigenvalue weighted by Crippen LogP contribution is 2.36. The zero-order valence-corrected chi connectivity index (χ0v) is 9.63. The first-order valence-corrected chi connectivity index (χ1v) is 6.32. The van der Waals surface area contributed by atoms with E-state index in [4.69, 9.17) is 0 Å². The van der Waals surface area contributed by atoms with E-state index in [9.17, 15) is 0 Å². The second-order valence-electron chi connectivity index (χ2n) is 4.91. The van der Waals surface area contributed by atoms with Crippen molar-refractivity contribution in [3.8, 4) is 0 Å². The quantitative estimate of drug-likeness (QED) is 0.738. The number of piperazine rings is 1. The van der Waals surface area contributed by atoms with Crippen LogP contribution in [0.3, 0.4) is 0 Å². The normalized spacial score (nSPS) is 34.7. The fourth-order valence-electron chi connectivity index (χ4n) is 2.66. The van der Waals surface area contributed by atoms with Gasteiger partial charge in [0.1, 0.15) is 0 Å². The van der Waals surface area contributed by atoms with Crippen LogP contribution < -0.4 is 5.32 Å². The van der Waals surface area contributed by atoms with Gasteiger partial charge in [0.05, 0.1) is 0 Å². The Bertz CT molecular complexity index is 177. The lowest BCUT2D eigenvalue weighted by Gasteiger charge is -2.40. The summed E-state index contributed by atoms with van der Waals surface area (Å²) in [4.78, 5) is 2.74. The van der Waals surface area contributed by atoms with E-state index in [0.717, 1.165) is 18.0 Å². The first-order chi connectivity index (χ1) is 6.85. The number of nitrogens with zero attached hydrogens (tertiary/aromatic N) is 1. The topological polar surface area (TPSA) is 15.3 Å². The molecule has 82 valence electrons. The van der Waals surface area contributed by atoms with Crippen LogP contribution in [0.5, 0.6) is 0 Å². The van der Waals surface area contributed by atoms with E-state index in [0.29, 0.717) is 0 Å². The van der Waals surface area contributed by atoms with Crippen LogP contribution in [0.2, 0.25) is 0 Å². The molecule has 1 aliphatic heterocycles. The van der Waals surface area contributed by atoms with Crippen molar-refractivity contribution in [1.82, 2.24) is 10.2 Å². The molecule has 2 heteroatoms. The summed E-state index contributed by atoms with van der Waals surface area (Å²) >= 11 is 0. The molecule has 0 aromatic rings. The monoisotopic (exact) mass is 196 g/mol. The van der Waals surface area contributed by atoms with Crippen LogP contribution >= 0.6 is 0 Å². The lowest BCUT2D eigenvalue weighted by atomic mass is 10.0. The van der Waals surface area contributed by atoms with Crippen molar-refractivity contribution in [2.75, 3.05) is 19.6 Å². The molecule has 2 unspecified atom stereocenters. The molecule has 1 N–H and O–H groups in total. The van der Waals surface area contributed by atoms with Gasteiger partial charge in [0, 0.05) is 25.2 Å². The Balaban J connectivity index is 1.89. The first kappa shape index (κ1) is 10.4. The fourth-order valence-corrected chi connectivity index (χ4v) is 2.66. The highest BCUT2D eigenvalue weighted by Gasteiger charge is 2.37. The molecule has 1 aliphatic carbocycles. The molecule has 2 aliphatic rings. The molecule has 2 rings (SSSR count). The number of rotatable bonds is 4. The van der Waals surface area contributed by atoms with Crippen molar-refractivity contribution in [3.63, 3.8) is 0 Å². The van der Waals surface area contributed by atoms with E-state index >= 15 is 0 Å². The van der Waals surface area contributed by atoms with Crippen molar-refractivity contribution in [2.45, 2.75) is 51.6 Å². The number of hydrogen-bond acceptors (Lipinski definition) is 2. The Kier molecular flexibility index (Phi) is 3.45. The predicted octanol–water partition coefficient (Wildman–Crippen LogP) is 1.86. The molecule has 1 saturated carbocycles. The second kappa shape index (κ2) is 4.63. The molecule has 1 heterocycles. The van der Waals surface area contributed by atoms with Crippen molar-refractivity contribution in [3.05, 3.63) is 0 Å². The maximum absolute atomic E-state index is 3.69. The molecular weight excluding hydrogens is 172 g/mol. The van der Waals surface area contributed by atoms with Gasteiger partial charge >= 0.3 is 0 Å². The third-order valence-electron chi connectivity index (χ3n) is 3.71. The molecule has 14 heavy (non-hydrogen) atoms. The summed E-state index contributed by atoms with van der Waals surface area (Å²) in [5.41, 5.74) is 0. The lowest BCUT2D eigenvalue weighted by Crippen LogP contribution is -2.57. The zero-order chi connectivity index (χ0) is 9.97. The minimum atomic E-state index is 0.747. The Labute approximate surface area is 88.1 Å². The average molecular weight is 196 g/mol. The minimum Gasteiger partial charge on any atom is -0.311 e. The molecule has 2 atom stereocenters. The summed E-state index contributed by atoms with van der Waals surface area (Å²) in [6.07, 6.45) is 5.53. The summed E-state index contributed by atoms with van der Waals surface area (Å²) in [6, 6.07) is 1.61. The summed E-state index contributed by atoms with van der Waals surface area (Å²) in [6.45, 7) is 8.42. The van der Waals surface area contributed by atoms with Gasteiger partial charge in [-0.1, -0.05) is 13.8 Å². The van der Waals surface area contributed by atoms with Crippen molar-refractivity contribution in [1.29, 1.82) is 0 Å². The van der Waals surface area contributed by atoms with E-state index in [1.54, 1.807) is 0 Å². The SMILES string of the molecule is CCCN1CC(CC)NCC1C1CC1. The maximum atomic E-state index is 3.69. The van der Waals surface area contributed by atoms with Gasteiger partial charge in [-0.3, -0.25) is 4.90 Å². The molecule has 0 amide bonds. The Morgan fingerprint density at radius 2 is 2.07 bits per heavy atom. The molecule has 0 aromatic heterocycles. The predicted molar refractivity (Wildman–Crippen MR) is 60.5 cm³/mol. The van der Waals surface area contributed by atoms with Crippen LogP contribution in [-0.2, 0) is 0 Å². The molecule has 1 saturated heterocycles. The number of hydrogen-bond donors (Lipinski definition) is 1. The highest BCUT2D eigenvalue weighted by atomic mass is 15.2. The van der Waals surface area contributed by atoms with Gasteiger partial charge in [-0.05, 0) is 38.1 Å². The van der Waals surface area contributed by atoms with Gasteiger partial charge in [0.2, 0.25) is 0 Å². The van der Waals surface area contributed by atoms with Gasteiger partial charge in [-0.15, -0.1) is 0 Å². The van der Waals surface area contributed by atoms with Crippen molar-refractivity contribution >= 4 is 0 Å². The van der Waals surface area contributed by atoms with Crippen LogP contribution in [0.4, 0.5) is 0 Å². The smallest absolute Gasteiger partial charge is 0.0249 e. The fraction of sp³-hybridized carbons (Fsp3) is 1.00. The van der Waals surface area contributed by atoms with Crippen LogP contribution in [-0.4, -0.2) is 36.6 Å². The summed E-state index contributed by atoms with van der Waals surface area (Å²) < 4.78 is 0. The summed E-state index contributed by atoms with van der Waals surface area (Å²) in [7, 11) is 0. The lowest BCUT2D eigenvalue weighted by molar-refractivity contribution is 0.113. The Morgan fingerprint density at radius 1 is 1.29 bits per heavy atom. The van der Waals surface area contributed by atoms with Crippen LogP contribution in [0.25, 0.3) is 0 Å². The van der Waals surface area contributed by atoms with Crippen LogP contribution in [0.1, 0.15) is 39.5 Å². The van der Waals surface area contributed by atoms with E-state index in [-0.39, 0.29) is 0 Å². The molecule has 0 spiro atoms. The van der Waals surface area contributed by atoms with Gasteiger partial charge in [0.15, 0.2) is 0 Å². The standard InChI is InChI=1S/C12H24N2/c1-3-7-14-9-11(4-2)13-8-12(14)10-5-6-10/h10-13H,3-9H2,1-2H3. The maximum Gasteiger partial charge on any atom is 0.0249 e. The Hall–Kier alpha value is -0.0800. The molecule has 0 bridgehead atoms. The van der Waals surface area contributed by atoms with Crippen LogP contribution in [0, 0.1) is 5.92 Å². The van der Waals surface area contributed by atoms with E-state index in [2.05, 4.69) is 24.1 Å². The summed E-state index contributed by atoms with van der Waals surface area (Å²) in [5, 5.41) is 3.69. The average Bonchev–Trinajstić information content (AvgIpc) is 3.02. The molecule has 2 nitrogen and oxygen atoms in total. The highest BCUT2D eigenvalue weighted by molar-refractivity contribution is 4.94. The van der Waals surface area contributed by atoms with Crippen molar-refractivity contribution in [2.24, 2.45) is 5.92 Å². The second-order valence-corrected chi connectivity index (χ2v) is 4.91. The third kappa shape index (κ3) is 2.29. The van der Waals surface area contributed by atoms with E-state index in [1.165, 1.54) is 45.3 Å². The Morgan fingerprint density at radius 3 is 2.64 bits per heavy atom. The van der Waals surface area contributed by atoms with Gasteiger partial charge in [-0.25, -0.2) is 0 Å². The third-order valence-corrected chi connectivity index (χ3v) is 3.71. The van der Waals surface area contributed by atoms with Crippen LogP contribution in [0.15, 0.2) is 0 Å². The molecule has 0 aromatic carbocycles. The number of nitrogens with one attached hydrogen (secondary N) is 1. The zero-order valence-electron chi connectivity index (χ0n) is 9.63. The first-order valence-electron chi connectivity index (χ1n) is 6.32. The van der Waals surface area contributed by atoms with Gasteiger partial charge in [-0.2, -0.15) is 0 Å². The van der Waals surface area contributed by atoms with Crippen molar-refractivity contribution < 1.29 is 0 Å². The van der Waals surface area contributed by atoms with Gasteiger partial charge < -0.3 is 5.32 Å². The van der Waals surface area contributed by atoms with Gasteiger partial charge in [0.25, 0.3) is 0 Å². The molecule has 2 fully saturated rings. The van der Waals surface area contributed by atoms with E-state index < -0.39 is 0 Å². The molecule has 0 radical (unpaired) electrons. The largest absolute Gasteiger partial charge is 0.311 e. The molecular formula is C12H24N2.